The number of nitrogens with zero attached hydrogens (tertiary/aromatic N) is 4. The zero-order valence-electron chi connectivity index (χ0n) is 20.7. The van der Waals surface area contributed by atoms with E-state index in [1.165, 1.54) is 0 Å². The average Bonchev–Trinajstić information content (AvgIpc) is 3.16. The van der Waals surface area contributed by atoms with Crippen molar-refractivity contribution in [3.05, 3.63) is 59.3 Å². The zero-order valence-corrected chi connectivity index (χ0v) is 20.7. The van der Waals surface area contributed by atoms with Crippen LogP contribution in [0.3, 0.4) is 0 Å². The van der Waals surface area contributed by atoms with Crippen molar-refractivity contribution >= 4 is 17.3 Å². The molecule has 0 fully saturated rings. The van der Waals surface area contributed by atoms with Gasteiger partial charge in [0.15, 0.2) is 5.69 Å². The van der Waals surface area contributed by atoms with Crippen LogP contribution in [0.1, 0.15) is 42.4 Å². The van der Waals surface area contributed by atoms with Crippen molar-refractivity contribution in [3.8, 4) is 17.4 Å². The van der Waals surface area contributed by atoms with Crippen molar-refractivity contribution in [2.45, 2.75) is 32.7 Å². The maximum Gasteiger partial charge on any atom is 0.253 e. The molecule has 0 aliphatic heterocycles. The molecule has 2 aromatic carbocycles. The summed E-state index contributed by atoms with van der Waals surface area (Å²) >= 11 is 0. The Bertz CT molecular complexity index is 1190. The summed E-state index contributed by atoms with van der Waals surface area (Å²) in [6, 6.07) is 12.5. The van der Waals surface area contributed by atoms with Crippen molar-refractivity contribution in [2.75, 3.05) is 21.3 Å². The Morgan fingerprint density at radius 1 is 1.03 bits per heavy atom. The number of aromatic nitrogens is 2. The Hall–Kier alpha value is -3.88. The number of hydrogen-bond acceptors (Lipinski definition) is 7. The Labute approximate surface area is 199 Å². The Balaban J connectivity index is 1.88. The molecule has 1 aromatic heterocycles. The summed E-state index contributed by atoms with van der Waals surface area (Å²) in [4.78, 5) is 13.0. The van der Waals surface area contributed by atoms with Crippen molar-refractivity contribution in [2.24, 2.45) is 17.3 Å². The molecule has 1 amide bonds. The third-order valence-electron chi connectivity index (χ3n) is 5.21. The number of amides is 1. The van der Waals surface area contributed by atoms with Gasteiger partial charge in [-0.15, -0.1) is 10.2 Å². The SMILES string of the molecule is COc1ccc(OC)c(CNC(=O)c2ccccc2/N=N/c2c(C(C)(C)C)nn(C)c2OC)c1. The number of rotatable bonds is 8. The second-order valence-corrected chi connectivity index (χ2v) is 8.66. The summed E-state index contributed by atoms with van der Waals surface area (Å²) < 4.78 is 17.8. The van der Waals surface area contributed by atoms with Crippen LogP contribution < -0.4 is 19.5 Å². The molecule has 9 heteroatoms. The standard InChI is InChI=1S/C25H31N5O4/c1-25(2,3)22-21(24(34-7)30(4)29-22)28-27-19-11-9-8-10-18(19)23(31)26-15-16-14-17(32-5)12-13-20(16)33-6/h8-14H,15H2,1-7H3,(H,26,31)/b28-27+. The monoisotopic (exact) mass is 465 g/mol. The predicted molar refractivity (Wildman–Crippen MR) is 130 cm³/mol. The molecule has 0 atom stereocenters. The number of carbonyl (C=O) groups excluding carboxylic acids is 1. The lowest BCUT2D eigenvalue weighted by atomic mass is 9.91. The number of nitrogens with one attached hydrogen (secondary N) is 1. The molecule has 0 saturated carbocycles. The minimum absolute atomic E-state index is 0.259. The van der Waals surface area contributed by atoms with Crippen LogP contribution in [0, 0.1) is 0 Å². The molecule has 0 bridgehead atoms. The van der Waals surface area contributed by atoms with Crippen LogP contribution in [0.5, 0.6) is 17.4 Å². The van der Waals surface area contributed by atoms with Crippen LogP contribution in [0.15, 0.2) is 52.7 Å². The zero-order chi connectivity index (χ0) is 24.9. The summed E-state index contributed by atoms with van der Waals surface area (Å²) in [7, 11) is 6.53. The van der Waals surface area contributed by atoms with Crippen molar-refractivity contribution in [1.82, 2.24) is 15.1 Å². The number of hydrogen-bond donors (Lipinski definition) is 1. The van der Waals surface area contributed by atoms with Crippen LogP contribution >= 0.6 is 0 Å². The largest absolute Gasteiger partial charge is 0.497 e. The molecule has 1 heterocycles. The van der Waals surface area contributed by atoms with E-state index in [-0.39, 0.29) is 17.9 Å². The smallest absolute Gasteiger partial charge is 0.253 e. The molecule has 0 radical (unpaired) electrons. The first kappa shape index (κ1) is 24.8. The molecular formula is C25H31N5O4. The van der Waals surface area contributed by atoms with Gasteiger partial charge in [0, 0.05) is 24.6 Å². The molecule has 0 unspecified atom stereocenters. The fraction of sp³-hybridized carbons (Fsp3) is 0.360. The lowest BCUT2D eigenvalue weighted by Crippen LogP contribution is -2.23. The van der Waals surface area contributed by atoms with Crippen LogP contribution in [-0.4, -0.2) is 37.0 Å². The number of methoxy groups -OCH3 is 3. The van der Waals surface area contributed by atoms with Gasteiger partial charge in [-0.1, -0.05) is 32.9 Å². The highest BCUT2D eigenvalue weighted by Gasteiger charge is 2.27. The van der Waals surface area contributed by atoms with Crippen LogP contribution in [0.2, 0.25) is 0 Å². The summed E-state index contributed by atoms with van der Waals surface area (Å²) in [5.41, 5.74) is 2.65. The Morgan fingerprint density at radius 3 is 2.41 bits per heavy atom. The fourth-order valence-electron chi connectivity index (χ4n) is 3.47. The molecule has 3 rings (SSSR count). The highest BCUT2D eigenvalue weighted by molar-refractivity contribution is 5.98. The summed E-state index contributed by atoms with van der Waals surface area (Å²) in [5.74, 6) is 1.56. The van der Waals surface area contributed by atoms with E-state index in [2.05, 4.69) is 20.6 Å². The van der Waals surface area contributed by atoms with Crippen LogP contribution in [-0.2, 0) is 19.0 Å². The van der Waals surface area contributed by atoms with Crippen LogP contribution in [0.25, 0.3) is 0 Å². The number of carbonyl (C=O) groups is 1. The van der Waals surface area contributed by atoms with Gasteiger partial charge in [0.2, 0.25) is 5.88 Å². The summed E-state index contributed by atoms with van der Waals surface area (Å²) in [6.07, 6.45) is 0. The van der Waals surface area contributed by atoms with E-state index in [9.17, 15) is 4.79 Å². The molecule has 0 aliphatic carbocycles. The molecule has 3 aromatic rings. The van der Waals surface area contributed by atoms with E-state index < -0.39 is 0 Å². The molecule has 9 nitrogen and oxygen atoms in total. The molecule has 1 N–H and O–H groups in total. The van der Waals surface area contributed by atoms with E-state index in [1.54, 1.807) is 69.5 Å². The van der Waals surface area contributed by atoms with Crippen molar-refractivity contribution in [1.29, 1.82) is 0 Å². The second-order valence-electron chi connectivity index (χ2n) is 8.66. The predicted octanol–water partition coefficient (Wildman–Crippen LogP) is 5.09. The maximum atomic E-state index is 13.0. The second kappa shape index (κ2) is 10.4. The van der Waals surface area contributed by atoms with Gasteiger partial charge in [-0.3, -0.25) is 4.79 Å². The van der Waals surface area contributed by atoms with Gasteiger partial charge in [0.25, 0.3) is 5.91 Å². The molecule has 0 aliphatic rings. The Morgan fingerprint density at radius 2 is 1.76 bits per heavy atom. The van der Waals surface area contributed by atoms with Gasteiger partial charge >= 0.3 is 0 Å². The van der Waals surface area contributed by atoms with E-state index in [1.807, 2.05) is 26.8 Å². The molecular weight excluding hydrogens is 434 g/mol. The van der Waals surface area contributed by atoms with E-state index in [0.717, 1.165) is 11.3 Å². The Kier molecular flexibility index (Phi) is 7.55. The topological polar surface area (TPSA) is 99.3 Å². The number of aryl methyl sites for hydroxylation is 1. The third kappa shape index (κ3) is 5.36. The normalized spacial score (nSPS) is 11.5. The first-order chi connectivity index (χ1) is 16.2. The molecule has 180 valence electrons. The first-order valence-corrected chi connectivity index (χ1v) is 10.8. The molecule has 34 heavy (non-hydrogen) atoms. The van der Waals surface area contributed by atoms with Gasteiger partial charge in [-0.25, -0.2) is 4.68 Å². The quantitative estimate of drug-likeness (QED) is 0.467. The highest BCUT2D eigenvalue weighted by atomic mass is 16.5. The van der Waals surface area contributed by atoms with Gasteiger partial charge in [0.1, 0.15) is 11.5 Å². The highest BCUT2D eigenvalue weighted by Crippen LogP contribution is 2.39. The lowest BCUT2D eigenvalue weighted by Gasteiger charge is -2.15. The van der Waals surface area contributed by atoms with E-state index >= 15 is 0 Å². The van der Waals surface area contributed by atoms with Gasteiger partial charge in [-0.05, 0) is 30.3 Å². The van der Waals surface area contributed by atoms with Gasteiger partial charge < -0.3 is 19.5 Å². The van der Waals surface area contributed by atoms with Gasteiger partial charge in [0.05, 0.1) is 38.3 Å². The summed E-state index contributed by atoms with van der Waals surface area (Å²) in [6.45, 7) is 6.39. The van der Waals surface area contributed by atoms with E-state index in [0.29, 0.717) is 34.3 Å². The number of benzene rings is 2. The van der Waals surface area contributed by atoms with Crippen molar-refractivity contribution in [3.63, 3.8) is 0 Å². The minimum Gasteiger partial charge on any atom is -0.497 e. The minimum atomic E-state index is -0.284. The summed E-state index contributed by atoms with van der Waals surface area (Å²) in [5, 5.41) is 16.3. The lowest BCUT2D eigenvalue weighted by molar-refractivity contribution is 0.0951. The molecule has 0 saturated heterocycles. The number of ether oxygens (including phenoxy) is 3. The molecule has 0 spiro atoms. The maximum absolute atomic E-state index is 13.0. The average molecular weight is 466 g/mol. The van der Waals surface area contributed by atoms with Gasteiger partial charge in [-0.2, -0.15) is 5.10 Å². The first-order valence-electron chi connectivity index (χ1n) is 10.8. The van der Waals surface area contributed by atoms with Crippen LogP contribution in [0.4, 0.5) is 11.4 Å². The fourth-order valence-corrected chi connectivity index (χ4v) is 3.47. The van der Waals surface area contributed by atoms with Crippen molar-refractivity contribution < 1.29 is 19.0 Å². The number of azo groups is 1. The third-order valence-corrected chi connectivity index (χ3v) is 5.21. The van der Waals surface area contributed by atoms with E-state index in [4.69, 9.17) is 14.2 Å².